The van der Waals surface area contributed by atoms with Crippen LogP contribution in [0.4, 0.5) is 0 Å². The maximum Gasteiger partial charge on any atom is 0.273 e. The quantitative estimate of drug-likeness (QED) is 0.918. The van der Waals surface area contributed by atoms with E-state index in [0.29, 0.717) is 23.9 Å². The van der Waals surface area contributed by atoms with Crippen LogP contribution in [0.3, 0.4) is 0 Å². The first kappa shape index (κ1) is 15.3. The fraction of sp³-hybridized carbons (Fsp3) is 0.533. The summed E-state index contributed by atoms with van der Waals surface area (Å²) < 4.78 is 7.33. The molecule has 6 heteroatoms. The largest absolute Gasteiger partial charge is 0.445 e. The lowest BCUT2D eigenvalue weighted by molar-refractivity contribution is 0.0930. The van der Waals surface area contributed by atoms with Crippen LogP contribution < -0.4 is 5.32 Å². The Morgan fingerprint density at radius 1 is 1.38 bits per heavy atom. The van der Waals surface area contributed by atoms with E-state index in [0.717, 1.165) is 5.69 Å². The molecule has 1 atom stereocenters. The van der Waals surface area contributed by atoms with Crippen LogP contribution in [0.2, 0.25) is 0 Å². The molecule has 6 nitrogen and oxygen atoms in total. The van der Waals surface area contributed by atoms with E-state index >= 15 is 0 Å². The van der Waals surface area contributed by atoms with Crippen molar-refractivity contribution < 1.29 is 9.21 Å². The second-order valence-electron chi connectivity index (χ2n) is 5.67. The molecule has 0 aromatic carbocycles. The summed E-state index contributed by atoms with van der Waals surface area (Å²) >= 11 is 0. The highest BCUT2D eigenvalue weighted by Crippen LogP contribution is 2.17. The third-order valence-corrected chi connectivity index (χ3v) is 3.13. The van der Waals surface area contributed by atoms with Crippen molar-refractivity contribution in [2.45, 2.75) is 53.1 Å². The van der Waals surface area contributed by atoms with Crippen LogP contribution in [0.25, 0.3) is 0 Å². The second-order valence-corrected chi connectivity index (χ2v) is 5.67. The molecule has 21 heavy (non-hydrogen) atoms. The highest BCUT2D eigenvalue weighted by atomic mass is 16.4. The molecule has 2 heterocycles. The Morgan fingerprint density at radius 2 is 2.10 bits per heavy atom. The molecule has 2 rings (SSSR count). The molecule has 0 aliphatic carbocycles. The molecule has 2 aromatic heterocycles. The summed E-state index contributed by atoms with van der Waals surface area (Å²) in [6.07, 6.45) is 1.90. The van der Waals surface area contributed by atoms with Crippen molar-refractivity contribution in [3.05, 3.63) is 35.3 Å². The minimum Gasteiger partial charge on any atom is -0.445 e. The first-order valence-corrected chi connectivity index (χ1v) is 7.15. The Kier molecular flexibility index (Phi) is 4.45. The molecule has 0 aliphatic rings. The predicted molar refractivity (Wildman–Crippen MR) is 79.2 cm³/mol. The number of rotatable bonds is 5. The SMILES string of the molecule is Cc1ccn(CC(C)NC(=O)c2nc(C(C)C)oc2C)n1. The molecule has 0 aliphatic heterocycles. The summed E-state index contributed by atoms with van der Waals surface area (Å²) in [5.41, 5.74) is 1.32. The monoisotopic (exact) mass is 290 g/mol. The predicted octanol–water partition coefficient (Wildman–Crippen LogP) is 2.43. The van der Waals surface area contributed by atoms with Crippen molar-refractivity contribution in [3.63, 3.8) is 0 Å². The summed E-state index contributed by atoms with van der Waals surface area (Å²) in [5, 5.41) is 7.23. The second kappa shape index (κ2) is 6.11. The Hall–Kier alpha value is -2.11. The van der Waals surface area contributed by atoms with Gasteiger partial charge < -0.3 is 9.73 Å². The van der Waals surface area contributed by atoms with E-state index in [1.165, 1.54) is 0 Å². The summed E-state index contributed by atoms with van der Waals surface area (Å²) in [7, 11) is 0. The molecule has 1 N–H and O–H groups in total. The van der Waals surface area contributed by atoms with Crippen LogP contribution in [0.5, 0.6) is 0 Å². The van der Waals surface area contributed by atoms with Gasteiger partial charge in [-0.15, -0.1) is 0 Å². The average Bonchev–Trinajstić information content (AvgIpc) is 2.95. The van der Waals surface area contributed by atoms with Gasteiger partial charge in [0.1, 0.15) is 5.76 Å². The first-order chi connectivity index (χ1) is 9.86. The van der Waals surface area contributed by atoms with Gasteiger partial charge in [-0.2, -0.15) is 5.10 Å². The highest BCUT2D eigenvalue weighted by molar-refractivity contribution is 5.93. The van der Waals surface area contributed by atoms with E-state index in [2.05, 4.69) is 15.4 Å². The van der Waals surface area contributed by atoms with Crippen molar-refractivity contribution in [2.24, 2.45) is 0 Å². The third kappa shape index (κ3) is 3.71. The number of hydrogen-bond donors (Lipinski definition) is 1. The van der Waals surface area contributed by atoms with Crippen molar-refractivity contribution in [1.82, 2.24) is 20.1 Å². The smallest absolute Gasteiger partial charge is 0.273 e. The van der Waals surface area contributed by atoms with Gasteiger partial charge in [0, 0.05) is 18.2 Å². The number of carbonyl (C=O) groups excluding carboxylic acids is 1. The molecule has 0 radical (unpaired) electrons. The fourth-order valence-corrected chi connectivity index (χ4v) is 2.06. The topological polar surface area (TPSA) is 73.0 Å². The minimum absolute atomic E-state index is 0.0459. The Morgan fingerprint density at radius 3 is 2.62 bits per heavy atom. The van der Waals surface area contributed by atoms with Gasteiger partial charge in [-0.05, 0) is 26.8 Å². The lowest BCUT2D eigenvalue weighted by Crippen LogP contribution is -2.36. The van der Waals surface area contributed by atoms with E-state index < -0.39 is 0 Å². The number of oxazole rings is 1. The van der Waals surface area contributed by atoms with Gasteiger partial charge in [0.2, 0.25) is 0 Å². The number of carbonyl (C=O) groups is 1. The summed E-state index contributed by atoms with van der Waals surface area (Å²) in [4.78, 5) is 16.5. The molecule has 114 valence electrons. The van der Waals surface area contributed by atoms with E-state index in [1.54, 1.807) is 6.92 Å². The number of nitrogens with zero attached hydrogens (tertiary/aromatic N) is 3. The van der Waals surface area contributed by atoms with Crippen LogP contribution in [-0.4, -0.2) is 26.7 Å². The Labute approximate surface area is 124 Å². The maximum atomic E-state index is 12.2. The zero-order valence-electron chi connectivity index (χ0n) is 13.2. The number of nitrogens with one attached hydrogen (secondary N) is 1. The molecule has 0 saturated heterocycles. The van der Waals surface area contributed by atoms with Crippen LogP contribution in [0.1, 0.15) is 54.5 Å². The Balaban J connectivity index is 2.00. The highest BCUT2D eigenvalue weighted by Gasteiger charge is 2.20. The van der Waals surface area contributed by atoms with Crippen LogP contribution in [-0.2, 0) is 6.54 Å². The van der Waals surface area contributed by atoms with Gasteiger partial charge in [0.15, 0.2) is 11.6 Å². The van der Waals surface area contributed by atoms with Crippen molar-refractivity contribution in [2.75, 3.05) is 0 Å². The van der Waals surface area contributed by atoms with Crippen LogP contribution in [0.15, 0.2) is 16.7 Å². The third-order valence-electron chi connectivity index (χ3n) is 3.13. The van der Waals surface area contributed by atoms with E-state index in [1.807, 2.05) is 44.6 Å². The molecule has 1 unspecified atom stereocenters. The molecule has 2 aromatic rings. The summed E-state index contributed by atoms with van der Waals surface area (Å²) in [6.45, 7) is 10.2. The first-order valence-electron chi connectivity index (χ1n) is 7.15. The molecule has 0 saturated carbocycles. The fourth-order valence-electron chi connectivity index (χ4n) is 2.06. The van der Waals surface area contributed by atoms with Crippen molar-refractivity contribution >= 4 is 5.91 Å². The standard InChI is InChI=1S/C15H22N4O2/c1-9(2)15-17-13(12(5)21-15)14(20)16-11(4)8-19-7-6-10(3)18-19/h6-7,9,11H,8H2,1-5H3,(H,16,20). The molecular weight excluding hydrogens is 268 g/mol. The molecule has 0 bridgehead atoms. The lowest BCUT2D eigenvalue weighted by Gasteiger charge is -2.13. The number of hydrogen-bond acceptors (Lipinski definition) is 4. The molecular formula is C15H22N4O2. The van der Waals surface area contributed by atoms with Gasteiger partial charge >= 0.3 is 0 Å². The zero-order chi connectivity index (χ0) is 15.6. The zero-order valence-corrected chi connectivity index (χ0v) is 13.2. The maximum absolute atomic E-state index is 12.2. The van der Waals surface area contributed by atoms with Crippen molar-refractivity contribution in [1.29, 1.82) is 0 Å². The van der Waals surface area contributed by atoms with Gasteiger partial charge in [0.05, 0.1) is 12.2 Å². The number of aromatic nitrogens is 3. The van der Waals surface area contributed by atoms with Gasteiger partial charge in [-0.3, -0.25) is 9.48 Å². The van der Waals surface area contributed by atoms with E-state index in [9.17, 15) is 4.79 Å². The number of aryl methyl sites for hydroxylation is 2. The van der Waals surface area contributed by atoms with Crippen LogP contribution >= 0.6 is 0 Å². The molecule has 0 spiro atoms. The van der Waals surface area contributed by atoms with Gasteiger partial charge in [-0.25, -0.2) is 4.98 Å². The Bertz CT molecular complexity index is 627. The molecule has 0 fully saturated rings. The lowest BCUT2D eigenvalue weighted by atomic mass is 10.2. The van der Waals surface area contributed by atoms with E-state index in [-0.39, 0.29) is 17.9 Å². The summed E-state index contributed by atoms with van der Waals surface area (Å²) in [6, 6.07) is 1.89. The van der Waals surface area contributed by atoms with Gasteiger partial charge in [-0.1, -0.05) is 13.8 Å². The number of amides is 1. The van der Waals surface area contributed by atoms with Crippen LogP contribution in [0, 0.1) is 13.8 Å². The van der Waals surface area contributed by atoms with Gasteiger partial charge in [0.25, 0.3) is 5.91 Å². The minimum atomic E-state index is -0.209. The molecule has 1 amide bonds. The average molecular weight is 290 g/mol. The van der Waals surface area contributed by atoms with Crippen molar-refractivity contribution in [3.8, 4) is 0 Å². The summed E-state index contributed by atoms with van der Waals surface area (Å²) in [5.74, 6) is 1.10. The van der Waals surface area contributed by atoms with E-state index in [4.69, 9.17) is 4.42 Å². The normalized spacial score (nSPS) is 12.7.